The zero-order chi connectivity index (χ0) is 20.0. The molecule has 0 unspecified atom stereocenters. The summed E-state index contributed by atoms with van der Waals surface area (Å²) in [5.41, 5.74) is -0.704. The zero-order valence-corrected chi connectivity index (χ0v) is 15.1. The number of Topliss-reactive ketones (excluding diaryl/α,β-unsaturated/α-hetero) is 1. The number of esters is 1. The Morgan fingerprint density at radius 2 is 1.89 bits per heavy atom. The van der Waals surface area contributed by atoms with Crippen LogP contribution in [0.4, 0.5) is 13.2 Å². The van der Waals surface area contributed by atoms with Crippen LogP contribution in [0, 0.1) is 0 Å². The molecule has 0 fully saturated rings. The predicted molar refractivity (Wildman–Crippen MR) is 92.3 cm³/mol. The summed E-state index contributed by atoms with van der Waals surface area (Å²) in [6.45, 7) is 1.17. The first-order chi connectivity index (χ1) is 12.6. The highest BCUT2D eigenvalue weighted by atomic mass is 32.1. The number of thiophene rings is 1. The van der Waals surface area contributed by atoms with Crippen molar-refractivity contribution < 1.29 is 32.3 Å². The van der Waals surface area contributed by atoms with Crippen LogP contribution in [0.3, 0.4) is 0 Å². The quantitative estimate of drug-likeness (QED) is 0.572. The fourth-order valence-corrected chi connectivity index (χ4v) is 3.00. The fourth-order valence-electron chi connectivity index (χ4n) is 2.13. The van der Waals surface area contributed by atoms with Crippen molar-refractivity contribution in [1.82, 2.24) is 5.32 Å². The van der Waals surface area contributed by atoms with Gasteiger partial charge in [0, 0.05) is 11.8 Å². The molecule has 2 rings (SSSR count). The summed E-state index contributed by atoms with van der Waals surface area (Å²) in [5, 5.41) is 2.60. The van der Waals surface area contributed by atoms with E-state index >= 15 is 0 Å². The largest absolute Gasteiger partial charge is 0.457 e. The van der Waals surface area contributed by atoms with Crippen LogP contribution in [0.25, 0.3) is 0 Å². The van der Waals surface area contributed by atoms with E-state index in [4.69, 9.17) is 4.74 Å². The molecule has 1 aromatic heterocycles. The molecule has 27 heavy (non-hydrogen) atoms. The molecule has 0 bridgehead atoms. The Labute approximate surface area is 157 Å². The van der Waals surface area contributed by atoms with Crippen molar-refractivity contribution >= 4 is 29.0 Å². The third-order valence-corrected chi connectivity index (χ3v) is 4.54. The molecule has 1 N–H and O–H groups in total. The summed E-state index contributed by atoms with van der Waals surface area (Å²) in [6, 6.07) is 7.61. The van der Waals surface area contributed by atoms with Gasteiger partial charge in [0.15, 0.2) is 6.61 Å². The number of benzene rings is 1. The maximum absolute atomic E-state index is 12.7. The van der Waals surface area contributed by atoms with Gasteiger partial charge >= 0.3 is 12.1 Å². The molecular formula is C18H16F3NO4S. The van der Waals surface area contributed by atoms with E-state index in [1.165, 1.54) is 19.1 Å². The molecule has 0 radical (unpaired) electrons. The van der Waals surface area contributed by atoms with Crippen LogP contribution in [0.2, 0.25) is 0 Å². The molecule has 1 aromatic carbocycles. The topological polar surface area (TPSA) is 72.5 Å². The van der Waals surface area contributed by atoms with E-state index in [-0.39, 0.29) is 17.9 Å². The van der Waals surface area contributed by atoms with Crippen LogP contribution in [0.15, 0.2) is 36.4 Å². The minimum absolute atomic E-state index is 0.149. The van der Waals surface area contributed by atoms with Crippen molar-refractivity contribution in [1.29, 1.82) is 0 Å². The lowest BCUT2D eigenvalue weighted by atomic mass is 10.1. The summed E-state index contributed by atoms with van der Waals surface area (Å²) in [7, 11) is 0. The second kappa shape index (κ2) is 8.81. The number of hydrogen-bond acceptors (Lipinski definition) is 5. The molecule has 0 atom stereocenters. The monoisotopic (exact) mass is 399 g/mol. The van der Waals surface area contributed by atoms with Crippen LogP contribution >= 0.6 is 11.3 Å². The van der Waals surface area contributed by atoms with Crippen LogP contribution < -0.4 is 5.32 Å². The molecule has 144 valence electrons. The molecular weight excluding hydrogens is 383 g/mol. The van der Waals surface area contributed by atoms with Crippen LogP contribution in [0.1, 0.15) is 32.6 Å². The molecule has 2 aromatic rings. The second-order valence-corrected chi connectivity index (χ2v) is 6.80. The lowest BCUT2D eigenvalue weighted by molar-refractivity contribution is -0.142. The van der Waals surface area contributed by atoms with Crippen molar-refractivity contribution in [3.8, 4) is 0 Å². The average molecular weight is 399 g/mol. The van der Waals surface area contributed by atoms with E-state index in [1.54, 1.807) is 12.1 Å². The number of carbonyl (C=O) groups excluding carboxylic acids is 3. The summed E-state index contributed by atoms with van der Waals surface area (Å²) < 4.78 is 42.9. The van der Waals surface area contributed by atoms with Crippen molar-refractivity contribution in [2.75, 3.05) is 6.61 Å². The fraction of sp³-hybridized carbons (Fsp3) is 0.278. The van der Waals surface area contributed by atoms with Gasteiger partial charge < -0.3 is 10.1 Å². The summed E-state index contributed by atoms with van der Waals surface area (Å²) in [5.74, 6) is -1.41. The Bertz CT molecular complexity index is 845. The molecule has 0 saturated carbocycles. The van der Waals surface area contributed by atoms with Gasteiger partial charge in [0.05, 0.1) is 23.4 Å². The van der Waals surface area contributed by atoms with Gasteiger partial charge in [-0.1, -0.05) is 18.2 Å². The molecule has 1 amide bonds. The van der Waals surface area contributed by atoms with E-state index in [2.05, 4.69) is 5.32 Å². The van der Waals surface area contributed by atoms with E-state index in [0.717, 1.165) is 28.3 Å². The van der Waals surface area contributed by atoms with E-state index in [9.17, 15) is 27.6 Å². The summed E-state index contributed by atoms with van der Waals surface area (Å²) in [4.78, 5) is 35.8. The molecule has 1 heterocycles. The van der Waals surface area contributed by atoms with Crippen molar-refractivity contribution in [2.45, 2.75) is 26.1 Å². The maximum atomic E-state index is 12.7. The number of amides is 1. The van der Waals surface area contributed by atoms with E-state index in [0.29, 0.717) is 11.4 Å². The van der Waals surface area contributed by atoms with Gasteiger partial charge in [-0.3, -0.25) is 14.4 Å². The van der Waals surface area contributed by atoms with Crippen molar-refractivity contribution in [3.05, 3.63) is 57.3 Å². The minimum atomic E-state index is -4.50. The van der Waals surface area contributed by atoms with Crippen molar-refractivity contribution in [2.24, 2.45) is 0 Å². The molecule has 0 spiro atoms. The summed E-state index contributed by atoms with van der Waals surface area (Å²) >= 11 is 1.16. The van der Waals surface area contributed by atoms with Gasteiger partial charge in [0.25, 0.3) is 0 Å². The lowest BCUT2D eigenvalue weighted by Gasteiger charge is -2.08. The van der Waals surface area contributed by atoms with Gasteiger partial charge in [0.2, 0.25) is 11.7 Å². The van der Waals surface area contributed by atoms with E-state index < -0.39 is 30.1 Å². The SMILES string of the molecule is CC(=O)NCc1ccc(C(=O)COC(=O)Cc2cccc(C(F)(F)F)c2)s1. The maximum Gasteiger partial charge on any atom is 0.416 e. The molecule has 0 saturated heterocycles. The third-order valence-electron chi connectivity index (χ3n) is 3.42. The van der Waals surface area contributed by atoms with Gasteiger partial charge in [0.1, 0.15) is 0 Å². The predicted octanol–water partition coefficient (Wildman–Crippen LogP) is 3.37. The minimum Gasteiger partial charge on any atom is -0.457 e. The van der Waals surface area contributed by atoms with E-state index in [1.807, 2.05) is 0 Å². The number of rotatable bonds is 7. The van der Waals surface area contributed by atoms with Gasteiger partial charge in [-0.25, -0.2) is 0 Å². The number of ketones is 1. The molecule has 9 heteroatoms. The molecule has 0 aliphatic heterocycles. The average Bonchev–Trinajstić information content (AvgIpc) is 3.06. The van der Waals surface area contributed by atoms with Crippen LogP contribution in [0.5, 0.6) is 0 Å². The lowest BCUT2D eigenvalue weighted by Crippen LogP contribution is -2.18. The number of halogens is 3. The van der Waals surface area contributed by atoms with Crippen molar-refractivity contribution in [3.63, 3.8) is 0 Å². The van der Waals surface area contributed by atoms with Gasteiger partial charge in [-0.15, -0.1) is 11.3 Å². The van der Waals surface area contributed by atoms with Crippen LogP contribution in [-0.4, -0.2) is 24.3 Å². The highest BCUT2D eigenvalue weighted by molar-refractivity contribution is 7.14. The Kier molecular flexibility index (Phi) is 6.73. The second-order valence-electron chi connectivity index (χ2n) is 5.63. The first kappa shape index (κ1) is 20.6. The van der Waals surface area contributed by atoms with Gasteiger partial charge in [-0.05, 0) is 23.8 Å². The molecule has 0 aliphatic carbocycles. The Morgan fingerprint density at radius 3 is 2.56 bits per heavy atom. The first-order valence-corrected chi connectivity index (χ1v) is 8.65. The Balaban J connectivity index is 1.86. The Morgan fingerprint density at radius 1 is 1.15 bits per heavy atom. The number of carbonyl (C=O) groups is 3. The standard InChI is InChI=1S/C18H16F3NO4S/c1-11(23)22-9-14-5-6-16(27-14)15(24)10-26-17(25)8-12-3-2-4-13(7-12)18(19,20)21/h2-7H,8-10H2,1H3,(H,22,23). The summed E-state index contributed by atoms with van der Waals surface area (Å²) in [6.07, 6.45) is -4.86. The first-order valence-electron chi connectivity index (χ1n) is 7.83. The highest BCUT2D eigenvalue weighted by Crippen LogP contribution is 2.29. The number of ether oxygens (including phenoxy) is 1. The number of hydrogen-bond donors (Lipinski definition) is 1. The number of nitrogens with one attached hydrogen (secondary N) is 1. The molecule has 0 aliphatic rings. The smallest absolute Gasteiger partial charge is 0.416 e. The van der Waals surface area contributed by atoms with Gasteiger partial charge in [-0.2, -0.15) is 13.2 Å². The molecule has 5 nitrogen and oxygen atoms in total. The van der Waals surface area contributed by atoms with Crippen LogP contribution in [-0.2, 0) is 33.5 Å². The number of alkyl halides is 3. The zero-order valence-electron chi connectivity index (χ0n) is 14.3. The Hall–Kier alpha value is -2.68. The normalized spacial score (nSPS) is 11.1. The highest BCUT2D eigenvalue weighted by Gasteiger charge is 2.30. The third kappa shape index (κ3) is 6.52.